The molecule has 3 aromatic carbocycles. The molecule has 4 aliphatic rings. The number of ketones is 1. The van der Waals surface area contributed by atoms with E-state index in [1.807, 2.05) is 0 Å². The highest BCUT2D eigenvalue weighted by Gasteiger charge is 2.78. The predicted molar refractivity (Wildman–Crippen MR) is 261 cm³/mol. The molecular formula is C52H61NO17S2. The zero-order valence-corrected chi connectivity index (χ0v) is 42.4. The Balaban J connectivity index is 1.38. The molecule has 2 bridgehead atoms. The van der Waals surface area contributed by atoms with Crippen LogP contribution in [0.15, 0.2) is 102 Å². The summed E-state index contributed by atoms with van der Waals surface area (Å²) in [6, 6.07) is 23.2. The van der Waals surface area contributed by atoms with Crippen molar-refractivity contribution in [3.8, 4) is 0 Å². The molecule has 3 aliphatic carbocycles. The van der Waals surface area contributed by atoms with Crippen molar-refractivity contribution in [1.82, 2.24) is 5.32 Å². The van der Waals surface area contributed by atoms with E-state index in [-0.39, 0.29) is 43.0 Å². The number of aliphatic hydroxyl groups is 4. The largest absolute Gasteiger partial charge is 0.509 e. The molecule has 7 rings (SSSR count). The lowest BCUT2D eigenvalue weighted by atomic mass is 9.44. The smallest absolute Gasteiger partial charge is 0.455 e. The van der Waals surface area contributed by atoms with Gasteiger partial charge in [-0.15, -0.1) is 0 Å². The second-order valence-corrected chi connectivity index (χ2v) is 21.8. The zero-order chi connectivity index (χ0) is 52.2. The Morgan fingerprint density at radius 2 is 1.46 bits per heavy atom. The van der Waals surface area contributed by atoms with Crippen LogP contribution in [0.1, 0.15) is 88.1 Å². The maximum Gasteiger partial charge on any atom is 0.509 e. The summed E-state index contributed by atoms with van der Waals surface area (Å²) in [5, 5.41) is 49.9. The molecule has 388 valence electrons. The summed E-state index contributed by atoms with van der Waals surface area (Å²) in [4.78, 5) is 85.4. The summed E-state index contributed by atoms with van der Waals surface area (Å²) in [6.45, 7) is 7.68. The second-order valence-electron chi connectivity index (χ2n) is 19.1. The van der Waals surface area contributed by atoms with Gasteiger partial charge in [-0.05, 0) is 48.3 Å². The third-order valence-corrected chi connectivity index (χ3v) is 16.8. The van der Waals surface area contributed by atoms with Gasteiger partial charge in [-0.1, -0.05) is 114 Å². The minimum atomic E-state index is -2.46. The fourth-order valence-electron chi connectivity index (χ4n) is 10.8. The van der Waals surface area contributed by atoms with Gasteiger partial charge in [-0.2, -0.15) is 0 Å². The van der Waals surface area contributed by atoms with Crippen molar-refractivity contribution in [3.05, 3.63) is 119 Å². The standard InChI is InChI=1S/C52H61NO17S2/c1-29-35(67-47(61)41(68-48(62)64-23-25-72-71-24-22-54)39(32-16-10-7-11-17-32)53-45(59)33-18-12-8-13-19-33)27-52(63)44(69-46(60)34-20-14-9-15-21-34)42-50(6,36(57)26-37-51(42,28-65-37)70-31(3)56)43(58)40(66-30(2)55)38(29)49(52,4)5/h7-21,35-37,39-42,44-45,53-54,57,59,63H,22-28H2,1-6H3/t35-,36-,37+,39-,40+,41+,42?,44?,45?,50+,51-,52+/m0/s1. The number of hydrogen-bond donors (Lipinski definition) is 5. The van der Waals surface area contributed by atoms with E-state index in [0.717, 1.165) is 13.8 Å². The fourth-order valence-corrected chi connectivity index (χ4v) is 12.4. The molecule has 12 atom stereocenters. The van der Waals surface area contributed by atoms with Crippen LogP contribution < -0.4 is 5.32 Å². The van der Waals surface area contributed by atoms with E-state index in [1.165, 1.54) is 47.6 Å². The normalized spacial score (nSPS) is 29.5. The lowest BCUT2D eigenvalue weighted by Crippen LogP contribution is -2.82. The summed E-state index contributed by atoms with van der Waals surface area (Å²) in [7, 11) is 2.69. The average molecular weight is 1040 g/mol. The van der Waals surface area contributed by atoms with Crippen molar-refractivity contribution in [1.29, 1.82) is 0 Å². The van der Waals surface area contributed by atoms with E-state index in [2.05, 4.69) is 5.32 Å². The van der Waals surface area contributed by atoms with Gasteiger partial charge in [-0.25, -0.2) is 14.4 Å². The van der Waals surface area contributed by atoms with Gasteiger partial charge in [0, 0.05) is 43.6 Å². The third-order valence-electron chi connectivity index (χ3n) is 14.5. The summed E-state index contributed by atoms with van der Waals surface area (Å²) >= 11 is 0. The van der Waals surface area contributed by atoms with E-state index in [0.29, 0.717) is 22.6 Å². The highest BCUT2D eigenvalue weighted by molar-refractivity contribution is 8.76. The first-order valence-electron chi connectivity index (χ1n) is 23.5. The molecule has 0 aromatic heterocycles. The molecule has 5 N–H and O–H groups in total. The van der Waals surface area contributed by atoms with Crippen molar-refractivity contribution in [2.24, 2.45) is 16.7 Å². The van der Waals surface area contributed by atoms with E-state index >= 15 is 9.59 Å². The van der Waals surface area contributed by atoms with E-state index in [1.54, 1.807) is 92.7 Å². The maximum atomic E-state index is 15.7. The van der Waals surface area contributed by atoms with Gasteiger partial charge in [-0.3, -0.25) is 19.7 Å². The molecule has 1 saturated heterocycles. The number of aliphatic hydroxyl groups excluding tert-OH is 3. The molecule has 1 heterocycles. The molecule has 72 heavy (non-hydrogen) atoms. The van der Waals surface area contributed by atoms with Gasteiger partial charge in [0.05, 0.1) is 42.3 Å². The van der Waals surface area contributed by atoms with Crippen LogP contribution in [0.5, 0.6) is 0 Å². The van der Waals surface area contributed by atoms with Gasteiger partial charge >= 0.3 is 30.0 Å². The molecule has 0 radical (unpaired) electrons. The quantitative estimate of drug-likeness (QED) is 0.0277. The Morgan fingerprint density at radius 3 is 2.04 bits per heavy atom. The lowest BCUT2D eigenvalue weighted by molar-refractivity contribution is -0.346. The first kappa shape index (κ1) is 54.5. The Labute approximate surface area is 424 Å². The highest BCUT2D eigenvalue weighted by Crippen LogP contribution is 2.64. The van der Waals surface area contributed by atoms with Gasteiger partial charge in [0.25, 0.3) is 0 Å². The fraction of sp³-hybridized carbons (Fsp3) is 0.500. The van der Waals surface area contributed by atoms with Gasteiger partial charge in [0.1, 0.15) is 36.7 Å². The summed E-state index contributed by atoms with van der Waals surface area (Å²) < 4.78 is 42.1. The number of rotatable bonds is 18. The number of hydrogen-bond acceptors (Lipinski definition) is 20. The number of carbonyl (C=O) groups excluding carboxylic acids is 6. The van der Waals surface area contributed by atoms with Crippen molar-refractivity contribution in [2.75, 3.05) is 31.3 Å². The van der Waals surface area contributed by atoms with Crippen LogP contribution in [-0.4, -0.2) is 135 Å². The van der Waals surface area contributed by atoms with Crippen molar-refractivity contribution in [2.45, 2.75) is 114 Å². The number of nitrogens with one attached hydrogen (secondary N) is 1. The molecule has 20 heteroatoms. The van der Waals surface area contributed by atoms with Crippen LogP contribution in [0, 0.1) is 16.7 Å². The molecular weight excluding hydrogens is 975 g/mol. The Bertz CT molecular complexity index is 2500. The first-order valence-corrected chi connectivity index (χ1v) is 26.0. The number of benzene rings is 3. The van der Waals surface area contributed by atoms with Gasteiger partial charge in [0.15, 0.2) is 17.5 Å². The maximum absolute atomic E-state index is 15.7. The van der Waals surface area contributed by atoms with Crippen LogP contribution >= 0.6 is 21.6 Å². The molecule has 18 nitrogen and oxygen atoms in total. The number of fused-ring (bicyclic) bond motifs is 5. The topological polar surface area (TPSA) is 260 Å². The third kappa shape index (κ3) is 10.5. The minimum Gasteiger partial charge on any atom is -0.455 e. The molecule has 0 amide bonds. The minimum absolute atomic E-state index is 0.0407. The molecule has 1 aliphatic heterocycles. The van der Waals surface area contributed by atoms with Gasteiger partial charge in [0.2, 0.25) is 6.10 Å². The monoisotopic (exact) mass is 1040 g/mol. The molecule has 3 fully saturated rings. The van der Waals surface area contributed by atoms with E-state index in [4.69, 9.17) is 38.3 Å². The number of esters is 4. The molecule has 0 spiro atoms. The van der Waals surface area contributed by atoms with E-state index in [9.17, 15) is 34.5 Å². The average Bonchev–Trinajstić information content (AvgIpc) is 3.35. The summed E-state index contributed by atoms with van der Waals surface area (Å²) in [5.74, 6) is -5.66. The van der Waals surface area contributed by atoms with Crippen LogP contribution in [0.4, 0.5) is 4.79 Å². The zero-order valence-electron chi connectivity index (χ0n) is 40.7. The van der Waals surface area contributed by atoms with Crippen molar-refractivity contribution in [3.63, 3.8) is 0 Å². The van der Waals surface area contributed by atoms with Crippen LogP contribution in [0.3, 0.4) is 0 Å². The number of ether oxygens (including phenoxy) is 7. The molecule has 2 saturated carbocycles. The number of carbonyl (C=O) groups is 6. The van der Waals surface area contributed by atoms with Crippen molar-refractivity contribution < 1.29 is 82.4 Å². The van der Waals surface area contributed by atoms with Crippen molar-refractivity contribution >= 4 is 57.4 Å². The highest BCUT2D eigenvalue weighted by atomic mass is 33.1. The Morgan fingerprint density at radius 1 is 0.847 bits per heavy atom. The van der Waals surface area contributed by atoms with E-state index < -0.39 is 119 Å². The summed E-state index contributed by atoms with van der Waals surface area (Å²) in [5.41, 5.74) is -7.22. The second kappa shape index (κ2) is 22.4. The number of Topliss-reactive ketones (excluding diaryl/α,β-unsaturated/α-hetero) is 1. The Kier molecular flexibility index (Phi) is 17.0. The first-order chi connectivity index (χ1) is 34.2. The molecule has 3 unspecified atom stereocenters. The predicted octanol–water partition coefficient (Wildman–Crippen LogP) is 5.12. The van der Waals surface area contributed by atoms with Crippen LogP contribution in [0.2, 0.25) is 0 Å². The SMILES string of the molecule is CC(=O)O[C@H]1C(=O)[C@@]2(C)C(C(OC(=O)c3ccccc3)[C@]3(O)C[C@H](OC(=O)[C@H](OC(=O)OCCSSCCO)[C@@H](NC(O)c4ccccc4)c4ccccc4)C(C)=C1C3(C)C)[C@]1(OC(C)=O)CO[C@@H]1C[C@@H]2O. The Hall–Kier alpha value is -5.32. The van der Waals surface area contributed by atoms with Crippen LogP contribution in [-0.2, 0) is 52.3 Å². The molecule has 3 aromatic rings. The van der Waals surface area contributed by atoms with Gasteiger partial charge < -0.3 is 53.6 Å². The lowest BCUT2D eigenvalue weighted by Gasteiger charge is -2.67. The summed E-state index contributed by atoms with van der Waals surface area (Å²) in [6.07, 6.45) is -13.5. The van der Waals surface area contributed by atoms with Crippen LogP contribution in [0.25, 0.3) is 0 Å².